The summed E-state index contributed by atoms with van der Waals surface area (Å²) < 4.78 is 0. The molecule has 0 saturated carbocycles. The van der Waals surface area contributed by atoms with E-state index >= 15 is 0 Å². The van der Waals surface area contributed by atoms with E-state index in [0.717, 1.165) is 5.75 Å². The van der Waals surface area contributed by atoms with Crippen LogP contribution in [0.1, 0.15) is 27.2 Å². The van der Waals surface area contributed by atoms with E-state index in [1.807, 2.05) is 11.8 Å². The molecule has 0 saturated heterocycles. The van der Waals surface area contributed by atoms with Crippen molar-refractivity contribution >= 4 is 11.8 Å². The van der Waals surface area contributed by atoms with Gasteiger partial charge in [0, 0.05) is 11.3 Å². The Labute approximate surface area is 62.4 Å². The van der Waals surface area contributed by atoms with Gasteiger partial charge in [-0.3, -0.25) is 0 Å². The lowest BCUT2D eigenvalue weighted by atomic mass is 10.1. The Bertz CT molecular complexity index is 65.8. The van der Waals surface area contributed by atoms with Crippen molar-refractivity contribution in [3.8, 4) is 0 Å². The Balaban J connectivity index is 3.07. The molecule has 0 rings (SSSR count). The SMILES string of the molecule is CCCSCC(C)(C)N. The van der Waals surface area contributed by atoms with Crippen molar-refractivity contribution in [2.75, 3.05) is 11.5 Å². The lowest BCUT2D eigenvalue weighted by molar-refractivity contribution is 0.591. The van der Waals surface area contributed by atoms with E-state index in [1.165, 1.54) is 12.2 Å². The molecule has 0 aromatic carbocycles. The minimum Gasteiger partial charge on any atom is -0.325 e. The monoisotopic (exact) mass is 147 g/mol. The zero-order valence-corrected chi connectivity index (χ0v) is 7.42. The maximum atomic E-state index is 5.76. The van der Waals surface area contributed by atoms with Gasteiger partial charge in [0.25, 0.3) is 0 Å². The summed E-state index contributed by atoms with van der Waals surface area (Å²) in [5, 5.41) is 0. The third-order valence-corrected chi connectivity index (χ3v) is 2.47. The predicted octanol–water partition coefficient (Wildman–Crippen LogP) is 1.87. The minimum absolute atomic E-state index is 0.0137. The largest absolute Gasteiger partial charge is 0.325 e. The summed E-state index contributed by atoms with van der Waals surface area (Å²) in [6.07, 6.45) is 1.25. The number of hydrogen-bond donors (Lipinski definition) is 1. The van der Waals surface area contributed by atoms with Crippen LogP contribution < -0.4 is 5.73 Å². The molecule has 2 heteroatoms. The van der Waals surface area contributed by atoms with Crippen LogP contribution in [0.2, 0.25) is 0 Å². The molecule has 0 aliphatic rings. The lowest BCUT2D eigenvalue weighted by Gasteiger charge is -2.16. The zero-order chi connectivity index (χ0) is 7.33. The van der Waals surface area contributed by atoms with Crippen LogP contribution in [-0.4, -0.2) is 17.0 Å². The van der Waals surface area contributed by atoms with Gasteiger partial charge >= 0.3 is 0 Å². The average molecular weight is 147 g/mol. The highest BCUT2D eigenvalue weighted by molar-refractivity contribution is 7.99. The molecular formula is C7H17NS. The summed E-state index contributed by atoms with van der Waals surface area (Å²) in [7, 11) is 0. The molecule has 0 unspecified atom stereocenters. The molecule has 9 heavy (non-hydrogen) atoms. The minimum atomic E-state index is 0.0137. The first-order valence-corrected chi connectivity index (χ1v) is 4.58. The second-order valence-corrected chi connectivity index (χ2v) is 4.15. The molecule has 0 aromatic heterocycles. The predicted molar refractivity (Wildman–Crippen MR) is 45.9 cm³/mol. The molecule has 0 heterocycles. The third-order valence-electron chi connectivity index (χ3n) is 0.823. The zero-order valence-electron chi connectivity index (χ0n) is 6.61. The van der Waals surface area contributed by atoms with Crippen LogP contribution >= 0.6 is 11.8 Å². The normalized spacial score (nSPS) is 12.0. The van der Waals surface area contributed by atoms with E-state index < -0.39 is 0 Å². The van der Waals surface area contributed by atoms with E-state index in [4.69, 9.17) is 5.73 Å². The molecule has 0 spiro atoms. The second-order valence-electron chi connectivity index (χ2n) is 3.04. The van der Waals surface area contributed by atoms with E-state index in [-0.39, 0.29) is 5.54 Å². The van der Waals surface area contributed by atoms with Gasteiger partial charge in [-0.2, -0.15) is 11.8 Å². The Morgan fingerprint density at radius 1 is 1.44 bits per heavy atom. The highest BCUT2D eigenvalue weighted by Gasteiger charge is 2.08. The van der Waals surface area contributed by atoms with Gasteiger partial charge < -0.3 is 5.73 Å². The summed E-state index contributed by atoms with van der Waals surface area (Å²) in [5.74, 6) is 2.31. The summed E-state index contributed by atoms with van der Waals surface area (Å²) in [4.78, 5) is 0. The first-order chi connectivity index (χ1) is 4.06. The van der Waals surface area contributed by atoms with Crippen molar-refractivity contribution in [3.63, 3.8) is 0 Å². The van der Waals surface area contributed by atoms with Gasteiger partial charge in [0.05, 0.1) is 0 Å². The Morgan fingerprint density at radius 2 is 2.00 bits per heavy atom. The van der Waals surface area contributed by atoms with Crippen LogP contribution in [0.5, 0.6) is 0 Å². The maximum absolute atomic E-state index is 5.76. The molecule has 1 nitrogen and oxygen atoms in total. The Morgan fingerprint density at radius 3 is 2.33 bits per heavy atom. The van der Waals surface area contributed by atoms with Crippen LogP contribution in [0.4, 0.5) is 0 Å². The molecule has 0 bridgehead atoms. The Kier molecular flexibility index (Phi) is 4.32. The van der Waals surface area contributed by atoms with Crippen molar-refractivity contribution in [2.24, 2.45) is 5.73 Å². The standard InChI is InChI=1S/C7H17NS/c1-4-5-9-6-7(2,3)8/h4-6,8H2,1-3H3. The first kappa shape index (κ1) is 9.31. The maximum Gasteiger partial charge on any atom is 0.0188 e. The van der Waals surface area contributed by atoms with Gasteiger partial charge in [-0.1, -0.05) is 6.92 Å². The first-order valence-electron chi connectivity index (χ1n) is 3.43. The molecule has 0 aromatic rings. The number of rotatable bonds is 4. The quantitative estimate of drug-likeness (QED) is 0.614. The van der Waals surface area contributed by atoms with Gasteiger partial charge in [-0.25, -0.2) is 0 Å². The van der Waals surface area contributed by atoms with Gasteiger partial charge in [0.1, 0.15) is 0 Å². The molecule has 0 amide bonds. The molecule has 0 fully saturated rings. The highest BCUT2D eigenvalue weighted by Crippen LogP contribution is 2.09. The van der Waals surface area contributed by atoms with Crippen molar-refractivity contribution in [1.82, 2.24) is 0 Å². The van der Waals surface area contributed by atoms with Crippen molar-refractivity contribution in [2.45, 2.75) is 32.7 Å². The van der Waals surface area contributed by atoms with Crippen LogP contribution in [0.25, 0.3) is 0 Å². The van der Waals surface area contributed by atoms with Crippen LogP contribution in [0.3, 0.4) is 0 Å². The fourth-order valence-corrected chi connectivity index (χ4v) is 1.44. The molecule has 2 N–H and O–H groups in total. The van der Waals surface area contributed by atoms with Crippen LogP contribution in [0, 0.1) is 0 Å². The lowest BCUT2D eigenvalue weighted by Crippen LogP contribution is -2.34. The van der Waals surface area contributed by atoms with Crippen molar-refractivity contribution < 1.29 is 0 Å². The average Bonchev–Trinajstić information content (AvgIpc) is 1.63. The fourth-order valence-electron chi connectivity index (χ4n) is 0.480. The summed E-state index contributed by atoms with van der Waals surface area (Å²) in [6, 6.07) is 0. The number of thioether (sulfide) groups is 1. The number of nitrogens with two attached hydrogens (primary N) is 1. The topological polar surface area (TPSA) is 26.0 Å². The summed E-state index contributed by atoms with van der Waals surface area (Å²) in [5.41, 5.74) is 5.77. The highest BCUT2D eigenvalue weighted by atomic mass is 32.2. The van der Waals surface area contributed by atoms with E-state index in [2.05, 4.69) is 20.8 Å². The second kappa shape index (κ2) is 4.18. The molecule has 0 aliphatic carbocycles. The molecule has 56 valence electrons. The van der Waals surface area contributed by atoms with Crippen molar-refractivity contribution in [1.29, 1.82) is 0 Å². The van der Waals surface area contributed by atoms with E-state index in [0.29, 0.717) is 0 Å². The van der Waals surface area contributed by atoms with Crippen LogP contribution in [0.15, 0.2) is 0 Å². The Hall–Kier alpha value is 0.310. The van der Waals surface area contributed by atoms with Gasteiger partial charge in [-0.05, 0) is 26.0 Å². The molecule has 0 radical (unpaired) electrons. The summed E-state index contributed by atoms with van der Waals surface area (Å²) >= 11 is 1.94. The van der Waals surface area contributed by atoms with Crippen LogP contribution in [-0.2, 0) is 0 Å². The third kappa shape index (κ3) is 8.31. The molecule has 0 atom stereocenters. The van der Waals surface area contributed by atoms with Gasteiger partial charge in [0.2, 0.25) is 0 Å². The van der Waals surface area contributed by atoms with E-state index in [1.54, 1.807) is 0 Å². The number of hydrogen-bond acceptors (Lipinski definition) is 2. The molecule has 0 aliphatic heterocycles. The van der Waals surface area contributed by atoms with Gasteiger partial charge in [-0.15, -0.1) is 0 Å². The summed E-state index contributed by atoms with van der Waals surface area (Å²) in [6.45, 7) is 6.32. The van der Waals surface area contributed by atoms with E-state index in [9.17, 15) is 0 Å². The van der Waals surface area contributed by atoms with Gasteiger partial charge in [0.15, 0.2) is 0 Å². The molecular weight excluding hydrogens is 130 g/mol. The fraction of sp³-hybridized carbons (Fsp3) is 1.00. The van der Waals surface area contributed by atoms with Crippen molar-refractivity contribution in [3.05, 3.63) is 0 Å². The smallest absolute Gasteiger partial charge is 0.0188 e.